The molecule has 0 saturated heterocycles. The van der Waals surface area contributed by atoms with Gasteiger partial charge in [0.25, 0.3) is 0 Å². The van der Waals surface area contributed by atoms with Gasteiger partial charge in [0.15, 0.2) is 0 Å². The van der Waals surface area contributed by atoms with E-state index < -0.39 is 0 Å². The Morgan fingerprint density at radius 2 is 2.44 bits per heavy atom. The Labute approximate surface area is 107 Å². The number of rotatable bonds is 2. The molecule has 0 unspecified atom stereocenters. The molecule has 0 bridgehead atoms. The number of hydrogen-bond acceptors (Lipinski definition) is 6. The van der Waals surface area contributed by atoms with Crippen LogP contribution in [0.2, 0.25) is 0 Å². The van der Waals surface area contributed by atoms with Gasteiger partial charge in [-0.05, 0) is 24.3 Å². The molecule has 0 radical (unpaired) electrons. The van der Waals surface area contributed by atoms with Crippen molar-refractivity contribution in [1.29, 1.82) is 0 Å². The Kier molecular flexibility index (Phi) is 2.66. The number of nitrogens with zero attached hydrogens (tertiary/aromatic N) is 2. The Morgan fingerprint density at radius 3 is 3.22 bits per heavy atom. The molecule has 94 valence electrons. The lowest BCUT2D eigenvalue weighted by atomic mass is 9.97. The lowest BCUT2D eigenvalue weighted by Crippen LogP contribution is -2.06. The summed E-state index contributed by atoms with van der Waals surface area (Å²) in [5, 5.41) is 10.6. The Balaban J connectivity index is 2.09. The van der Waals surface area contributed by atoms with Crippen molar-refractivity contribution in [3.05, 3.63) is 16.8 Å². The second-order valence-corrected chi connectivity index (χ2v) is 5.42. The highest BCUT2D eigenvalue weighted by atomic mass is 32.1. The van der Waals surface area contributed by atoms with Gasteiger partial charge in [0.2, 0.25) is 5.88 Å². The van der Waals surface area contributed by atoms with Gasteiger partial charge in [0.1, 0.15) is 11.2 Å². The molecule has 0 aromatic carbocycles. The number of carbonyl (C=O) groups is 1. The van der Waals surface area contributed by atoms with E-state index in [0.717, 1.165) is 23.2 Å². The lowest BCUT2D eigenvalue weighted by molar-refractivity contribution is -0.141. The minimum atomic E-state index is -0.219. The van der Waals surface area contributed by atoms with E-state index in [4.69, 9.17) is 4.74 Å². The van der Waals surface area contributed by atoms with E-state index in [1.165, 1.54) is 18.3 Å². The van der Waals surface area contributed by atoms with Crippen molar-refractivity contribution in [2.24, 2.45) is 0 Å². The molecule has 5 nitrogen and oxygen atoms in total. The van der Waals surface area contributed by atoms with E-state index in [1.54, 1.807) is 11.3 Å². The van der Waals surface area contributed by atoms with Crippen LogP contribution in [0.25, 0.3) is 10.2 Å². The summed E-state index contributed by atoms with van der Waals surface area (Å²) in [5.74, 6) is -0.101. The van der Waals surface area contributed by atoms with E-state index in [9.17, 15) is 9.90 Å². The van der Waals surface area contributed by atoms with Crippen LogP contribution in [0, 0.1) is 0 Å². The number of ether oxygens (including phenoxy) is 1. The number of hydrogen-bond donors (Lipinski definition) is 1. The highest BCUT2D eigenvalue weighted by molar-refractivity contribution is 7.19. The molecule has 0 aliphatic heterocycles. The summed E-state index contributed by atoms with van der Waals surface area (Å²) in [7, 11) is 1.39. The molecule has 2 aromatic rings. The van der Waals surface area contributed by atoms with E-state index in [0.29, 0.717) is 11.8 Å². The van der Waals surface area contributed by atoms with Crippen LogP contribution in [-0.4, -0.2) is 28.2 Å². The molecular weight excluding hydrogens is 252 g/mol. The summed E-state index contributed by atoms with van der Waals surface area (Å²) in [6.45, 7) is 0. The Morgan fingerprint density at radius 1 is 1.61 bits per heavy atom. The highest BCUT2D eigenvalue weighted by Gasteiger charge is 2.31. The molecule has 2 heterocycles. The third-order valence-corrected chi connectivity index (χ3v) is 4.52. The first kappa shape index (κ1) is 11.4. The maximum Gasteiger partial charge on any atom is 0.306 e. The molecule has 1 N–H and O–H groups in total. The van der Waals surface area contributed by atoms with Gasteiger partial charge in [-0.25, -0.2) is 9.97 Å². The molecule has 0 spiro atoms. The number of fused-ring (bicyclic) bond motifs is 3. The standard InChI is InChI=1S/C12H12N2O3S/c1-17-8(15)4-6-2-3-7-9(6)10-11(16)13-5-14-12(10)18-7/h5-6H,2-4H2,1H3,(H,13,14,16)/t6-/m1/s1. The molecule has 3 rings (SSSR count). The van der Waals surface area contributed by atoms with E-state index in [-0.39, 0.29) is 17.8 Å². The van der Waals surface area contributed by atoms with Crippen LogP contribution in [0.15, 0.2) is 6.33 Å². The van der Waals surface area contributed by atoms with Crippen LogP contribution in [0.3, 0.4) is 0 Å². The SMILES string of the molecule is COC(=O)C[C@H]1CCc2sc3ncnc(O)c3c21. The summed E-state index contributed by atoms with van der Waals surface area (Å²) in [4.78, 5) is 21.4. The quantitative estimate of drug-likeness (QED) is 0.840. The van der Waals surface area contributed by atoms with Crippen molar-refractivity contribution in [2.45, 2.75) is 25.2 Å². The van der Waals surface area contributed by atoms with Crippen molar-refractivity contribution in [3.8, 4) is 5.88 Å². The first-order chi connectivity index (χ1) is 8.70. The third kappa shape index (κ3) is 1.64. The second kappa shape index (κ2) is 4.20. The number of thiophene rings is 1. The van der Waals surface area contributed by atoms with Crippen LogP contribution in [0.1, 0.15) is 29.2 Å². The zero-order valence-corrected chi connectivity index (χ0v) is 10.7. The van der Waals surface area contributed by atoms with Crippen molar-refractivity contribution >= 4 is 27.5 Å². The van der Waals surface area contributed by atoms with Crippen LogP contribution in [0.5, 0.6) is 5.88 Å². The maximum absolute atomic E-state index is 11.4. The third-order valence-electron chi connectivity index (χ3n) is 3.35. The average molecular weight is 264 g/mol. The van der Waals surface area contributed by atoms with E-state index >= 15 is 0 Å². The van der Waals surface area contributed by atoms with Gasteiger partial charge in [-0.1, -0.05) is 0 Å². The van der Waals surface area contributed by atoms with Crippen LogP contribution in [0.4, 0.5) is 0 Å². The first-order valence-corrected chi connectivity index (χ1v) is 6.54. The highest BCUT2D eigenvalue weighted by Crippen LogP contribution is 2.46. The topological polar surface area (TPSA) is 72.3 Å². The summed E-state index contributed by atoms with van der Waals surface area (Å²) >= 11 is 1.58. The van der Waals surface area contributed by atoms with Crippen molar-refractivity contribution in [3.63, 3.8) is 0 Å². The average Bonchev–Trinajstić information content (AvgIpc) is 2.89. The van der Waals surface area contributed by atoms with Gasteiger partial charge in [-0.15, -0.1) is 11.3 Å². The van der Waals surface area contributed by atoms with Crippen LogP contribution >= 0.6 is 11.3 Å². The van der Waals surface area contributed by atoms with Gasteiger partial charge in [-0.3, -0.25) is 4.79 Å². The number of aromatic hydroxyl groups is 1. The summed E-state index contributed by atoms with van der Waals surface area (Å²) in [6, 6.07) is 0. The molecule has 18 heavy (non-hydrogen) atoms. The molecule has 0 saturated carbocycles. The van der Waals surface area contributed by atoms with Gasteiger partial charge in [-0.2, -0.15) is 0 Å². The van der Waals surface area contributed by atoms with Crippen LogP contribution in [-0.2, 0) is 16.0 Å². The van der Waals surface area contributed by atoms with E-state index in [1.807, 2.05) is 0 Å². The maximum atomic E-state index is 11.4. The summed E-state index contributed by atoms with van der Waals surface area (Å²) in [5.41, 5.74) is 1.04. The fourth-order valence-corrected chi connectivity index (χ4v) is 3.78. The van der Waals surface area contributed by atoms with Gasteiger partial charge < -0.3 is 9.84 Å². The smallest absolute Gasteiger partial charge is 0.306 e. The van der Waals surface area contributed by atoms with Crippen molar-refractivity contribution in [1.82, 2.24) is 9.97 Å². The number of methoxy groups -OCH3 is 1. The van der Waals surface area contributed by atoms with Crippen LogP contribution < -0.4 is 0 Å². The second-order valence-electron chi connectivity index (χ2n) is 4.33. The minimum Gasteiger partial charge on any atom is -0.493 e. The van der Waals surface area contributed by atoms with Gasteiger partial charge >= 0.3 is 5.97 Å². The monoisotopic (exact) mass is 264 g/mol. The molecule has 1 aliphatic rings. The molecular formula is C12H12N2O3S. The fraction of sp³-hybridized carbons (Fsp3) is 0.417. The summed E-state index contributed by atoms with van der Waals surface area (Å²) < 4.78 is 4.72. The first-order valence-electron chi connectivity index (χ1n) is 5.72. The van der Waals surface area contributed by atoms with Gasteiger partial charge in [0, 0.05) is 4.88 Å². The van der Waals surface area contributed by atoms with E-state index in [2.05, 4.69) is 9.97 Å². The zero-order chi connectivity index (χ0) is 12.7. The summed E-state index contributed by atoms with van der Waals surface area (Å²) in [6.07, 6.45) is 3.56. The predicted octanol–water partition coefficient (Wildman–Crippen LogP) is 1.99. The number of carbonyl (C=O) groups excluding carboxylic acids is 1. The Hall–Kier alpha value is -1.69. The fourth-order valence-electron chi connectivity index (χ4n) is 2.54. The molecule has 2 aromatic heterocycles. The largest absolute Gasteiger partial charge is 0.493 e. The van der Waals surface area contributed by atoms with Crippen molar-refractivity contribution in [2.75, 3.05) is 7.11 Å². The number of aryl methyl sites for hydroxylation is 1. The number of aromatic nitrogens is 2. The molecule has 1 aliphatic carbocycles. The zero-order valence-electron chi connectivity index (χ0n) is 9.84. The molecule has 0 amide bonds. The van der Waals surface area contributed by atoms with Crippen molar-refractivity contribution < 1.29 is 14.6 Å². The van der Waals surface area contributed by atoms with Gasteiger partial charge in [0.05, 0.1) is 18.9 Å². The minimum absolute atomic E-state index is 0.00858. The predicted molar refractivity (Wildman–Crippen MR) is 66.8 cm³/mol. The normalized spacial score (nSPS) is 17.9. The molecule has 0 fully saturated rings. The Bertz CT molecular complexity index is 623. The molecule has 6 heteroatoms. The lowest BCUT2D eigenvalue weighted by Gasteiger charge is -2.09. The molecule has 1 atom stereocenters. The number of esters is 1.